The van der Waals surface area contributed by atoms with Gasteiger partial charge >= 0.3 is 0 Å². The van der Waals surface area contributed by atoms with Crippen LogP contribution in [0.25, 0.3) is 0 Å². The molecule has 1 aromatic carbocycles. The van der Waals surface area contributed by atoms with E-state index in [2.05, 4.69) is 11.0 Å². The maximum absolute atomic E-state index is 5.91. The highest BCUT2D eigenvalue weighted by atomic mass is 16.5. The van der Waals surface area contributed by atoms with Gasteiger partial charge in [-0.3, -0.25) is 4.90 Å². The van der Waals surface area contributed by atoms with Gasteiger partial charge in [-0.25, -0.2) is 0 Å². The highest BCUT2D eigenvalue weighted by Gasteiger charge is 2.21. The van der Waals surface area contributed by atoms with Gasteiger partial charge in [0.05, 0.1) is 20.3 Å². The van der Waals surface area contributed by atoms with Crippen molar-refractivity contribution >= 4 is 0 Å². The van der Waals surface area contributed by atoms with Crippen molar-refractivity contribution in [2.45, 2.75) is 25.8 Å². The van der Waals surface area contributed by atoms with E-state index in [-0.39, 0.29) is 0 Å². The van der Waals surface area contributed by atoms with Crippen LogP contribution in [0.2, 0.25) is 0 Å². The fourth-order valence-corrected chi connectivity index (χ4v) is 3.27. The molecule has 1 fully saturated rings. The zero-order valence-corrected chi connectivity index (χ0v) is 12.8. The maximum atomic E-state index is 5.91. The van der Waals surface area contributed by atoms with E-state index in [1.165, 1.54) is 18.4 Å². The number of hydrogen-bond donors (Lipinski definition) is 0. The van der Waals surface area contributed by atoms with Crippen molar-refractivity contribution < 1.29 is 14.2 Å². The number of rotatable bonds is 3. The van der Waals surface area contributed by atoms with E-state index in [0.717, 1.165) is 57.4 Å². The molecule has 0 aromatic heterocycles. The molecule has 1 atom stereocenters. The summed E-state index contributed by atoms with van der Waals surface area (Å²) >= 11 is 0. The molecule has 0 saturated carbocycles. The van der Waals surface area contributed by atoms with Crippen LogP contribution in [0.4, 0.5) is 0 Å². The number of nitrogens with zero attached hydrogens (tertiary/aromatic N) is 1. The number of methoxy groups -OCH3 is 1. The molecule has 1 saturated heterocycles. The van der Waals surface area contributed by atoms with E-state index >= 15 is 0 Å². The maximum Gasteiger partial charge on any atom is 0.165 e. The monoisotopic (exact) mass is 291 g/mol. The van der Waals surface area contributed by atoms with Crippen LogP contribution >= 0.6 is 0 Å². The standard InChI is InChI=1S/C17H25NO3/c1-19-16-7-2-6-15-12-18(8-4-10-21-17(15)16)11-14-5-3-9-20-13-14/h2,6-7,14H,3-5,8-13H2,1H3/t14-/m1/s1. The minimum absolute atomic E-state index is 0.674. The molecule has 0 bridgehead atoms. The van der Waals surface area contributed by atoms with E-state index in [1.807, 2.05) is 12.1 Å². The Morgan fingerprint density at radius 2 is 2.24 bits per heavy atom. The highest BCUT2D eigenvalue weighted by molar-refractivity contribution is 5.46. The van der Waals surface area contributed by atoms with Crippen LogP contribution < -0.4 is 9.47 Å². The second kappa shape index (κ2) is 7.14. The Balaban J connectivity index is 1.71. The van der Waals surface area contributed by atoms with Gasteiger partial charge in [-0.1, -0.05) is 12.1 Å². The zero-order chi connectivity index (χ0) is 14.5. The number of fused-ring (bicyclic) bond motifs is 1. The van der Waals surface area contributed by atoms with Crippen molar-refractivity contribution in [1.29, 1.82) is 0 Å². The molecular weight excluding hydrogens is 266 g/mol. The van der Waals surface area contributed by atoms with Gasteiger partial charge in [0.15, 0.2) is 11.5 Å². The summed E-state index contributed by atoms with van der Waals surface area (Å²) in [5.74, 6) is 2.44. The normalized spacial score (nSPS) is 23.6. The van der Waals surface area contributed by atoms with Crippen LogP contribution in [0.5, 0.6) is 11.5 Å². The van der Waals surface area contributed by atoms with Crippen LogP contribution in [0.3, 0.4) is 0 Å². The van der Waals surface area contributed by atoms with Crippen LogP contribution in [0, 0.1) is 5.92 Å². The van der Waals surface area contributed by atoms with Crippen molar-refractivity contribution in [2.75, 3.05) is 40.0 Å². The van der Waals surface area contributed by atoms with E-state index in [9.17, 15) is 0 Å². The Hall–Kier alpha value is -1.26. The average molecular weight is 291 g/mol. The third-order valence-electron chi connectivity index (χ3n) is 4.31. The van der Waals surface area contributed by atoms with Gasteiger partial charge in [-0.2, -0.15) is 0 Å². The van der Waals surface area contributed by atoms with Crippen LogP contribution in [0.1, 0.15) is 24.8 Å². The van der Waals surface area contributed by atoms with Crippen molar-refractivity contribution in [3.63, 3.8) is 0 Å². The fraction of sp³-hybridized carbons (Fsp3) is 0.647. The summed E-state index contributed by atoms with van der Waals surface area (Å²) in [5, 5.41) is 0. The fourth-order valence-electron chi connectivity index (χ4n) is 3.27. The smallest absolute Gasteiger partial charge is 0.165 e. The quantitative estimate of drug-likeness (QED) is 0.857. The number of benzene rings is 1. The molecule has 0 spiro atoms. The minimum atomic E-state index is 0.674. The number of ether oxygens (including phenoxy) is 3. The third-order valence-corrected chi connectivity index (χ3v) is 4.31. The second-order valence-corrected chi connectivity index (χ2v) is 5.97. The van der Waals surface area contributed by atoms with Gasteiger partial charge in [-0.05, 0) is 31.2 Å². The Kier molecular flexibility index (Phi) is 4.99. The molecule has 21 heavy (non-hydrogen) atoms. The zero-order valence-electron chi connectivity index (χ0n) is 12.8. The number of hydrogen-bond acceptors (Lipinski definition) is 4. The molecule has 0 aliphatic carbocycles. The predicted molar refractivity (Wildman–Crippen MR) is 81.9 cm³/mol. The summed E-state index contributed by atoms with van der Waals surface area (Å²) in [6, 6.07) is 6.16. The molecule has 1 aromatic rings. The van der Waals surface area contributed by atoms with Crippen molar-refractivity contribution in [1.82, 2.24) is 4.90 Å². The van der Waals surface area contributed by atoms with E-state index in [0.29, 0.717) is 5.92 Å². The Bertz CT molecular complexity index is 457. The molecule has 2 aliphatic heterocycles. The van der Waals surface area contributed by atoms with Gasteiger partial charge in [-0.15, -0.1) is 0 Å². The van der Waals surface area contributed by atoms with Gasteiger partial charge in [0.25, 0.3) is 0 Å². The molecule has 0 radical (unpaired) electrons. The van der Waals surface area contributed by atoms with Crippen molar-refractivity contribution in [3.8, 4) is 11.5 Å². The van der Waals surface area contributed by atoms with Crippen LogP contribution in [-0.2, 0) is 11.3 Å². The summed E-state index contributed by atoms with van der Waals surface area (Å²) in [4.78, 5) is 2.54. The summed E-state index contributed by atoms with van der Waals surface area (Å²) in [6.07, 6.45) is 3.55. The second-order valence-electron chi connectivity index (χ2n) is 5.97. The lowest BCUT2D eigenvalue weighted by Crippen LogP contribution is -2.35. The van der Waals surface area contributed by atoms with Gasteiger partial charge < -0.3 is 14.2 Å². The Morgan fingerprint density at radius 3 is 3.05 bits per heavy atom. The lowest BCUT2D eigenvalue weighted by molar-refractivity contribution is 0.0354. The Morgan fingerprint density at radius 1 is 1.29 bits per heavy atom. The van der Waals surface area contributed by atoms with Crippen molar-refractivity contribution in [3.05, 3.63) is 23.8 Å². The lowest BCUT2D eigenvalue weighted by atomic mass is 10.0. The van der Waals surface area contributed by atoms with Gasteiger partial charge in [0.1, 0.15) is 0 Å². The molecule has 3 rings (SSSR count). The topological polar surface area (TPSA) is 30.9 Å². The molecule has 0 amide bonds. The first kappa shape index (κ1) is 14.7. The highest BCUT2D eigenvalue weighted by Crippen LogP contribution is 2.33. The number of para-hydroxylation sites is 1. The lowest BCUT2D eigenvalue weighted by Gasteiger charge is -2.31. The summed E-state index contributed by atoms with van der Waals surface area (Å²) < 4.78 is 17.0. The molecule has 4 heteroatoms. The molecule has 0 N–H and O–H groups in total. The van der Waals surface area contributed by atoms with Crippen LogP contribution in [-0.4, -0.2) is 44.9 Å². The molecular formula is C17H25NO3. The predicted octanol–water partition coefficient (Wildman–Crippen LogP) is 2.71. The summed E-state index contributed by atoms with van der Waals surface area (Å²) in [6.45, 7) is 5.75. The Labute approximate surface area is 127 Å². The SMILES string of the molecule is COc1cccc2c1OCCCN(C[C@H]1CCCOC1)C2. The van der Waals surface area contributed by atoms with E-state index < -0.39 is 0 Å². The third kappa shape index (κ3) is 3.69. The largest absolute Gasteiger partial charge is 0.493 e. The van der Waals surface area contributed by atoms with Gasteiger partial charge in [0, 0.05) is 31.8 Å². The average Bonchev–Trinajstić information content (AvgIpc) is 2.50. The van der Waals surface area contributed by atoms with Gasteiger partial charge in [0.2, 0.25) is 0 Å². The molecule has 0 unspecified atom stereocenters. The molecule has 116 valence electrons. The molecule has 2 aliphatic rings. The summed E-state index contributed by atoms with van der Waals surface area (Å²) in [5.41, 5.74) is 1.23. The first-order valence-electron chi connectivity index (χ1n) is 7.95. The first-order chi connectivity index (χ1) is 10.4. The van der Waals surface area contributed by atoms with E-state index in [1.54, 1.807) is 7.11 Å². The molecule has 2 heterocycles. The molecule has 4 nitrogen and oxygen atoms in total. The van der Waals surface area contributed by atoms with E-state index in [4.69, 9.17) is 14.2 Å². The van der Waals surface area contributed by atoms with Crippen LogP contribution in [0.15, 0.2) is 18.2 Å². The summed E-state index contributed by atoms with van der Waals surface area (Å²) in [7, 11) is 1.70. The first-order valence-corrected chi connectivity index (χ1v) is 7.95. The minimum Gasteiger partial charge on any atom is -0.493 e. The van der Waals surface area contributed by atoms with Crippen molar-refractivity contribution in [2.24, 2.45) is 5.92 Å².